The van der Waals surface area contributed by atoms with Gasteiger partial charge in [-0.2, -0.15) is 11.8 Å². The predicted octanol–water partition coefficient (Wildman–Crippen LogP) is 3.23. The molecule has 148 valence electrons. The largest absolute Gasteiger partial charge is 0.379 e. The molecule has 28 heavy (non-hydrogen) atoms. The van der Waals surface area contributed by atoms with Gasteiger partial charge in [0.25, 0.3) is 0 Å². The second-order valence-electron chi connectivity index (χ2n) is 6.80. The summed E-state index contributed by atoms with van der Waals surface area (Å²) in [6, 6.07) is 14.7. The SMILES string of the molecule is Cc1ccc(NC(=O)CSCCN2CCOCC2)c(C(=O)c2ccccc2)c1. The number of carbonyl (C=O) groups excluding carboxylic acids is 2. The average Bonchev–Trinajstić information content (AvgIpc) is 2.73. The van der Waals surface area contributed by atoms with E-state index in [4.69, 9.17) is 4.74 Å². The quantitative estimate of drug-likeness (QED) is 0.547. The van der Waals surface area contributed by atoms with E-state index in [1.165, 1.54) is 0 Å². The van der Waals surface area contributed by atoms with E-state index in [1.54, 1.807) is 23.9 Å². The molecule has 0 unspecified atom stereocenters. The van der Waals surface area contributed by atoms with Gasteiger partial charge >= 0.3 is 0 Å². The number of nitrogens with one attached hydrogen (secondary N) is 1. The van der Waals surface area contributed by atoms with E-state index < -0.39 is 0 Å². The van der Waals surface area contributed by atoms with Gasteiger partial charge in [0.05, 0.1) is 24.7 Å². The van der Waals surface area contributed by atoms with E-state index >= 15 is 0 Å². The van der Waals surface area contributed by atoms with Gasteiger partial charge in [0, 0.05) is 36.5 Å². The van der Waals surface area contributed by atoms with Gasteiger partial charge in [0.15, 0.2) is 5.78 Å². The van der Waals surface area contributed by atoms with Gasteiger partial charge in [-0.3, -0.25) is 14.5 Å². The number of thioether (sulfide) groups is 1. The number of anilines is 1. The maximum Gasteiger partial charge on any atom is 0.234 e. The number of aryl methyl sites for hydroxylation is 1. The van der Waals surface area contributed by atoms with E-state index in [0.717, 1.165) is 44.2 Å². The van der Waals surface area contributed by atoms with Crippen LogP contribution in [0.5, 0.6) is 0 Å². The Morgan fingerprint density at radius 2 is 1.86 bits per heavy atom. The minimum atomic E-state index is -0.0852. The van der Waals surface area contributed by atoms with E-state index in [9.17, 15) is 9.59 Å². The molecule has 6 heteroatoms. The lowest BCUT2D eigenvalue weighted by Gasteiger charge is -2.26. The third kappa shape index (κ3) is 5.92. The number of rotatable bonds is 8. The number of hydrogen-bond acceptors (Lipinski definition) is 5. The Hall–Kier alpha value is -2.15. The molecule has 0 aliphatic carbocycles. The van der Waals surface area contributed by atoms with E-state index in [1.807, 2.05) is 43.3 Å². The van der Waals surface area contributed by atoms with Gasteiger partial charge in [0.2, 0.25) is 5.91 Å². The summed E-state index contributed by atoms with van der Waals surface area (Å²) >= 11 is 1.61. The van der Waals surface area contributed by atoms with Crippen molar-refractivity contribution in [3.05, 3.63) is 65.2 Å². The molecule has 0 bridgehead atoms. The van der Waals surface area contributed by atoms with Crippen LogP contribution in [0, 0.1) is 6.92 Å². The molecular formula is C22H26N2O3S. The summed E-state index contributed by atoms with van der Waals surface area (Å²) in [6.45, 7) is 6.40. The number of hydrogen-bond donors (Lipinski definition) is 1. The molecule has 0 aromatic heterocycles. The summed E-state index contributed by atoms with van der Waals surface area (Å²) in [7, 11) is 0. The van der Waals surface area contributed by atoms with E-state index in [0.29, 0.717) is 22.6 Å². The van der Waals surface area contributed by atoms with E-state index in [2.05, 4.69) is 10.2 Å². The fourth-order valence-corrected chi connectivity index (χ4v) is 3.86. The molecule has 1 aliphatic heterocycles. The molecule has 0 spiro atoms. The maximum atomic E-state index is 12.9. The van der Waals surface area contributed by atoms with Crippen LogP contribution < -0.4 is 5.32 Å². The Balaban J connectivity index is 1.56. The molecule has 1 fully saturated rings. The Morgan fingerprint density at radius 3 is 2.61 bits per heavy atom. The van der Waals surface area contributed by atoms with Crippen molar-refractivity contribution in [1.29, 1.82) is 0 Å². The number of benzene rings is 2. The Bertz CT molecular complexity index is 805. The Kier molecular flexibility index (Phi) is 7.65. The Morgan fingerprint density at radius 1 is 1.11 bits per heavy atom. The molecule has 1 heterocycles. The highest BCUT2D eigenvalue weighted by Gasteiger charge is 2.16. The van der Waals surface area contributed by atoms with Crippen LogP contribution in [0.15, 0.2) is 48.5 Å². The molecule has 5 nitrogen and oxygen atoms in total. The van der Waals surface area contributed by atoms with Crippen molar-refractivity contribution in [2.45, 2.75) is 6.92 Å². The molecule has 1 amide bonds. The number of nitrogens with zero attached hydrogens (tertiary/aromatic N) is 1. The molecule has 3 rings (SSSR count). The van der Waals surface area contributed by atoms with Crippen LogP contribution in [0.4, 0.5) is 5.69 Å². The smallest absolute Gasteiger partial charge is 0.234 e. The normalized spacial score (nSPS) is 14.6. The third-order valence-electron chi connectivity index (χ3n) is 4.62. The van der Waals surface area contributed by atoms with Crippen molar-refractivity contribution in [2.75, 3.05) is 49.7 Å². The molecule has 2 aromatic rings. The Labute approximate surface area is 170 Å². The van der Waals surface area contributed by atoms with Crippen LogP contribution in [0.1, 0.15) is 21.5 Å². The first-order valence-electron chi connectivity index (χ1n) is 9.51. The first-order valence-corrected chi connectivity index (χ1v) is 10.7. The van der Waals surface area contributed by atoms with Gasteiger partial charge in [0.1, 0.15) is 0 Å². The topological polar surface area (TPSA) is 58.6 Å². The van der Waals surface area contributed by atoms with Crippen molar-refractivity contribution in [1.82, 2.24) is 4.90 Å². The fourth-order valence-electron chi connectivity index (χ4n) is 3.07. The summed E-state index contributed by atoms with van der Waals surface area (Å²) in [5, 5.41) is 2.91. The first-order chi connectivity index (χ1) is 13.6. The second kappa shape index (κ2) is 10.4. The van der Waals surface area contributed by atoms with Crippen LogP contribution in [0.2, 0.25) is 0 Å². The van der Waals surface area contributed by atoms with E-state index in [-0.39, 0.29) is 11.7 Å². The fraction of sp³-hybridized carbons (Fsp3) is 0.364. The van der Waals surface area contributed by atoms with Gasteiger partial charge in [-0.1, -0.05) is 42.0 Å². The lowest BCUT2D eigenvalue weighted by molar-refractivity contribution is -0.113. The minimum absolute atomic E-state index is 0.0837. The van der Waals surface area contributed by atoms with Crippen molar-refractivity contribution >= 4 is 29.1 Å². The van der Waals surface area contributed by atoms with Gasteiger partial charge in [-0.05, 0) is 19.1 Å². The number of ether oxygens (including phenoxy) is 1. The van der Waals surface area contributed by atoms with Crippen LogP contribution in [0.25, 0.3) is 0 Å². The van der Waals surface area contributed by atoms with Gasteiger partial charge < -0.3 is 10.1 Å². The number of carbonyl (C=O) groups is 2. The zero-order valence-electron chi connectivity index (χ0n) is 16.1. The van der Waals surface area contributed by atoms with Crippen molar-refractivity contribution in [3.63, 3.8) is 0 Å². The van der Waals surface area contributed by atoms with Crippen LogP contribution in [-0.4, -0.2) is 60.9 Å². The molecule has 0 radical (unpaired) electrons. The molecule has 0 atom stereocenters. The third-order valence-corrected chi connectivity index (χ3v) is 5.56. The monoisotopic (exact) mass is 398 g/mol. The van der Waals surface area contributed by atoms with Gasteiger partial charge in [-0.25, -0.2) is 0 Å². The summed E-state index contributed by atoms with van der Waals surface area (Å²) < 4.78 is 5.34. The molecule has 1 aliphatic rings. The minimum Gasteiger partial charge on any atom is -0.379 e. The highest BCUT2D eigenvalue weighted by atomic mass is 32.2. The highest BCUT2D eigenvalue weighted by Crippen LogP contribution is 2.21. The van der Waals surface area contributed by atoms with Crippen molar-refractivity contribution in [2.24, 2.45) is 0 Å². The predicted molar refractivity (Wildman–Crippen MR) is 114 cm³/mol. The number of morpholine rings is 1. The van der Waals surface area contributed by atoms with Gasteiger partial charge in [-0.15, -0.1) is 0 Å². The van der Waals surface area contributed by atoms with Crippen LogP contribution >= 0.6 is 11.8 Å². The summed E-state index contributed by atoms with van der Waals surface area (Å²) in [5.41, 5.74) is 2.69. The van der Waals surface area contributed by atoms with Crippen LogP contribution in [0.3, 0.4) is 0 Å². The summed E-state index contributed by atoms with van der Waals surface area (Å²) in [4.78, 5) is 27.6. The lowest BCUT2D eigenvalue weighted by Crippen LogP contribution is -2.37. The first kappa shape index (κ1) is 20.6. The second-order valence-corrected chi connectivity index (χ2v) is 7.90. The molecule has 0 saturated carbocycles. The lowest BCUT2D eigenvalue weighted by atomic mass is 10.00. The molecular weight excluding hydrogens is 372 g/mol. The number of ketones is 1. The molecule has 1 saturated heterocycles. The standard InChI is InChI=1S/C22H26N2O3S/c1-17-7-8-20(19(15-17)22(26)18-5-3-2-4-6-18)23-21(25)16-28-14-11-24-9-12-27-13-10-24/h2-8,15H,9-14,16H2,1H3,(H,23,25). The maximum absolute atomic E-state index is 12.9. The number of amides is 1. The zero-order chi connectivity index (χ0) is 19.8. The molecule has 1 N–H and O–H groups in total. The summed E-state index contributed by atoms with van der Waals surface area (Å²) in [6.07, 6.45) is 0. The molecule has 2 aromatic carbocycles. The summed E-state index contributed by atoms with van der Waals surface area (Å²) in [5.74, 6) is 1.10. The van der Waals surface area contributed by atoms with Crippen molar-refractivity contribution in [3.8, 4) is 0 Å². The highest BCUT2D eigenvalue weighted by molar-refractivity contribution is 7.99. The average molecular weight is 399 g/mol. The van der Waals surface area contributed by atoms with Crippen molar-refractivity contribution < 1.29 is 14.3 Å². The zero-order valence-corrected chi connectivity index (χ0v) is 17.0. The van der Waals surface area contributed by atoms with Crippen LogP contribution in [-0.2, 0) is 9.53 Å².